The van der Waals surface area contributed by atoms with Crippen LogP contribution < -0.4 is 5.32 Å². The molecule has 0 bridgehead atoms. The standard InChI is InChI=1S/C19H22BrN/c20-18-12-6-4-10-16(18)14-21-19-13-7-5-11-17(19)15-8-2-1-3-9-15/h1-4,6,8-10,12,17,19,21H,5,7,11,13-14H2. The molecule has 0 heterocycles. The lowest BCUT2D eigenvalue weighted by molar-refractivity contribution is 0.326. The fraction of sp³-hybridized carbons (Fsp3) is 0.368. The molecular formula is C19H22BrN. The fourth-order valence-electron chi connectivity index (χ4n) is 3.36. The SMILES string of the molecule is Brc1ccccc1CNC1CCCCC1c1ccccc1. The predicted molar refractivity (Wildman–Crippen MR) is 92.4 cm³/mol. The zero-order valence-corrected chi connectivity index (χ0v) is 13.9. The molecule has 1 aliphatic rings. The Kier molecular flexibility index (Phi) is 5.10. The van der Waals surface area contributed by atoms with Gasteiger partial charge in [-0.1, -0.05) is 77.3 Å². The van der Waals surface area contributed by atoms with Gasteiger partial charge in [0.1, 0.15) is 0 Å². The zero-order valence-electron chi connectivity index (χ0n) is 12.3. The third-order valence-corrected chi connectivity index (χ3v) is 5.28. The lowest BCUT2D eigenvalue weighted by Crippen LogP contribution is -2.36. The number of benzene rings is 2. The van der Waals surface area contributed by atoms with Gasteiger partial charge in [-0.05, 0) is 36.0 Å². The quantitative estimate of drug-likeness (QED) is 0.797. The second-order valence-corrected chi connectivity index (χ2v) is 6.73. The molecule has 2 heteroatoms. The third kappa shape index (κ3) is 3.75. The molecule has 2 unspecified atom stereocenters. The van der Waals surface area contributed by atoms with Crippen molar-refractivity contribution in [2.75, 3.05) is 0 Å². The molecule has 1 N–H and O–H groups in total. The van der Waals surface area contributed by atoms with E-state index in [9.17, 15) is 0 Å². The highest BCUT2D eigenvalue weighted by atomic mass is 79.9. The zero-order chi connectivity index (χ0) is 14.5. The van der Waals surface area contributed by atoms with Crippen LogP contribution in [0.15, 0.2) is 59.1 Å². The van der Waals surface area contributed by atoms with Crippen LogP contribution >= 0.6 is 15.9 Å². The van der Waals surface area contributed by atoms with E-state index in [2.05, 4.69) is 75.8 Å². The van der Waals surface area contributed by atoms with E-state index >= 15 is 0 Å². The van der Waals surface area contributed by atoms with Gasteiger partial charge >= 0.3 is 0 Å². The van der Waals surface area contributed by atoms with E-state index in [0.29, 0.717) is 12.0 Å². The number of hydrogen-bond donors (Lipinski definition) is 1. The predicted octanol–water partition coefficient (Wildman–Crippen LogP) is 5.27. The van der Waals surface area contributed by atoms with Crippen molar-refractivity contribution in [2.24, 2.45) is 0 Å². The van der Waals surface area contributed by atoms with Crippen LogP contribution in [0.5, 0.6) is 0 Å². The fourth-order valence-corrected chi connectivity index (χ4v) is 3.78. The minimum Gasteiger partial charge on any atom is -0.309 e. The Labute approximate surface area is 135 Å². The van der Waals surface area contributed by atoms with Gasteiger partial charge in [-0.2, -0.15) is 0 Å². The Morgan fingerprint density at radius 1 is 0.905 bits per heavy atom. The first kappa shape index (κ1) is 14.8. The number of halogens is 1. The van der Waals surface area contributed by atoms with Gasteiger partial charge in [-0.3, -0.25) is 0 Å². The van der Waals surface area contributed by atoms with E-state index in [4.69, 9.17) is 0 Å². The van der Waals surface area contributed by atoms with E-state index < -0.39 is 0 Å². The highest BCUT2D eigenvalue weighted by Gasteiger charge is 2.25. The van der Waals surface area contributed by atoms with Gasteiger partial charge in [-0.15, -0.1) is 0 Å². The van der Waals surface area contributed by atoms with Crippen molar-refractivity contribution in [2.45, 2.75) is 44.2 Å². The molecule has 0 spiro atoms. The summed E-state index contributed by atoms with van der Waals surface area (Å²) in [4.78, 5) is 0. The molecule has 0 radical (unpaired) electrons. The van der Waals surface area contributed by atoms with Crippen molar-refractivity contribution in [3.05, 3.63) is 70.2 Å². The van der Waals surface area contributed by atoms with Crippen LogP contribution in [-0.4, -0.2) is 6.04 Å². The summed E-state index contributed by atoms with van der Waals surface area (Å²) in [5.74, 6) is 0.655. The second kappa shape index (κ2) is 7.24. The minimum absolute atomic E-state index is 0.591. The maximum atomic E-state index is 3.80. The summed E-state index contributed by atoms with van der Waals surface area (Å²) in [6, 6.07) is 20.1. The van der Waals surface area contributed by atoms with E-state index in [1.165, 1.54) is 41.3 Å². The van der Waals surface area contributed by atoms with Gasteiger partial charge < -0.3 is 5.32 Å². The van der Waals surface area contributed by atoms with Gasteiger partial charge in [0, 0.05) is 17.1 Å². The first-order chi connectivity index (χ1) is 10.3. The summed E-state index contributed by atoms with van der Waals surface area (Å²) >= 11 is 3.64. The van der Waals surface area contributed by atoms with E-state index in [0.717, 1.165) is 6.54 Å². The van der Waals surface area contributed by atoms with Crippen LogP contribution in [0, 0.1) is 0 Å². The maximum Gasteiger partial charge on any atom is 0.0220 e. The van der Waals surface area contributed by atoms with Crippen molar-refractivity contribution in [1.82, 2.24) is 5.32 Å². The van der Waals surface area contributed by atoms with Crippen molar-refractivity contribution >= 4 is 15.9 Å². The first-order valence-corrected chi connectivity index (χ1v) is 8.65. The van der Waals surface area contributed by atoms with Crippen LogP contribution in [0.25, 0.3) is 0 Å². The Morgan fingerprint density at radius 3 is 2.43 bits per heavy atom. The third-order valence-electron chi connectivity index (χ3n) is 4.51. The van der Waals surface area contributed by atoms with Crippen LogP contribution in [0.2, 0.25) is 0 Å². The van der Waals surface area contributed by atoms with Gasteiger partial charge in [0.15, 0.2) is 0 Å². The molecule has 110 valence electrons. The highest BCUT2D eigenvalue weighted by Crippen LogP contribution is 2.33. The molecule has 1 fully saturated rings. The molecule has 0 aromatic heterocycles. The second-order valence-electron chi connectivity index (χ2n) is 5.88. The highest BCUT2D eigenvalue weighted by molar-refractivity contribution is 9.10. The summed E-state index contributed by atoms with van der Waals surface area (Å²) in [6.07, 6.45) is 5.28. The number of hydrogen-bond acceptors (Lipinski definition) is 1. The molecule has 1 saturated carbocycles. The molecule has 2 aromatic rings. The number of rotatable bonds is 4. The molecule has 2 atom stereocenters. The maximum absolute atomic E-state index is 3.80. The molecule has 0 aliphatic heterocycles. The summed E-state index contributed by atoms with van der Waals surface area (Å²) in [5.41, 5.74) is 2.83. The smallest absolute Gasteiger partial charge is 0.0220 e. The summed E-state index contributed by atoms with van der Waals surface area (Å²) in [5, 5.41) is 3.80. The van der Waals surface area contributed by atoms with Crippen LogP contribution in [0.4, 0.5) is 0 Å². The minimum atomic E-state index is 0.591. The Hall–Kier alpha value is -1.12. The number of nitrogens with one attached hydrogen (secondary N) is 1. The molecule has 0 saturated heterocycles. The average Bonchev–Trinajstić information content (AvgIpc) is 2.55. The Balaban J connectivity index is 1.69. The lowest BCUT2D eigenvalue weighted by Gasteiger charge is -2.33. The van der Waals surface area contributed by atoms with Gasteiger partial charge in [0.2, 0.25) is 0 Å². The van der Waals surface area contributed by atoms with Gasteiger partial charge in [0.25, 0.3) is 0 Å². The normalized spacial score (nSPS) is 22.1. The van der Waals surface area contributed by atoms with E-state index in [1.807, 2.05) is 0 Å². The molecule has 1 aliphatic carbocycles. The first-order valence-electron chi connectivity index (χ1n) is 7.86. The lowest BCUT2D eigenvalue weighted by atomic mass is 9.80. The van der Waals surface area contributed by atoms with E-state index in [-0.39, 0.29) is 0 Å². The summed E-state index contributed by atoms with van der Waals surface area (Å²) in [7, 11) is 0. The van der Waals surface area contributed by atoms with Crippen molar-refractivity contribution in [3.8, 4) is 0 Å². The van der Waals surface area contributed by atoms with Gasteiger partial charge in [0.05, 0.1) is 0 Å². The molecule has 2 aromatic carbocycles. The van der Waals surface area contributed by atoms with Crippen molar-refractivity contribution in [3.63, 3.8) is 0 Å². The summed E-state index contributed by atoms with van der Waals surface area (Å²) in [6.45, 7) is 0.940. The van der Waals surface area contributed by atoms with Crippen LogP contribution in [0.3, 0.4) is 0 Å². The monoisotopic (exact) mass is 343 g/mol. The topological polar surface area (TPSA) is 12.0 Å². The van der Waals surface area contributed by atoms with Crippen LogP contribution in [0.1, 0.15) is 42.7 Å². The summed E-state index contributed by atoms with van der Waals surface area (Å²) < 4.78 is 1.20. The van der Waals surface area contributed by atoms with Crippen LogP contribution in [-0.2, 0) is 6.54 Å². The van der Waals surface area contributed by atoms with Crippen molar-refractivity contribution in [1.29, 1.82) is 0 Å². The Bertz CT molecular complexity index is 567. The van der Waals surface area contributed by atoms with Crippen molar-refractivity contribution < 1.29 is 0 Å². The molecule has 1 nitrogen and oxygen atoms in total. The van der Waals surface area contributed by atoms with E-state index in [1.54, 1.807) is 0 Å². The molecule has 0 amide bonds. The Morgan fingerprint density at radius 2 is 1.62 bits per heavy atom. The average molecular weight is 344 g/mol. The largest absolute Gasteiger partial charge is 0.309 e. The molecule has 3 rings (SSSR count). The van der Waals surface area contributed by atoms with Gasteiger partial charge in [-0.25, -0.2) is 0 Å². The molecule has 21 heavy (non-hydrogen) atoms. The molecular weight excluding hydrogens is 322 g/mol.